The minimum absolute atomic E-state index is 0.0699. The van der Waals surface area contributed by atoms with Crippen LogP contribution >= 0.6 is 0 Å². The van der Waals surface area contributed by atoms with Crippen LogP contribution in [0.2, 0.25) is 0 Å². The quantitative estimate of drug-likeness (QED) is 0.640. The van der Waals surface area contributed by atoms with Gasteiger partial charge in [0.1, 0.15) is 0 Å². The van der Waals surface area contributed by atoms with Crippen molar-refractivity contribution in [1.82, 2.24) is 4.98 Å². The number of aromatic nitrogens is 1. The van der Waals surface area contributed by atoms with E-state index in [4.69, 9.17) is 11.5 Å². The molecule has 1 atom stereocenters. The SMILES string of the molecule is NC[C@@H](N)c1cccc2[nH]ccc12. The van der Waals surface area contributed by atoms with E-state index in [2.05, 4.69) is 4.98 Å². The van der Waals surface area contributed by atoms with Crippen LogP contribution in [0, 0.1) is 0 Å². The van der Waals surface area contributed by atoms with Crippen molar-refractivity contribution in [2.45, 2.75) is 6.04 Å². The van der Waals surface area contributed by atoms with E-state index in [1.165, 1.54) is 5.39 Å². The first kappa shape index (κ1) is 8.29. The summed E-state index contributed by atoms with van der Waals surface area (Å²) >= 11 is 0. The highest BCUT2D eigenvalue weighted by atomic mass is 14.7. The fourth-order valence-electron chi connectivity index (χ4n) is 1.56. The average Bonchev–Trinajstić information content (AvgIpc) is 2.63. The topological polar surface area (TPSA) is 67.8 Å². The van der Waals surface area contributed by atoms with Crippen molar-refractivity contribution in [3.05, 3.63) is 36.0 Å². The molecule has 5 N–H and O–H groups in total. The second-order valence-corrected chi connectivity index (χ2v) is 3.13. The van der Waals surface area contributed by atoms with Gasteiger partial charge in [-0.25, -0.2) is 0 Å². The highest BCUT2D eigenvalue weighted by molar-refractivity contribution is 5.83. The monoisotopic (exact) mass is 175 g/mol. The van der Waals surface area contributed by atoms with Crippen LogP contribution in [0.25, 0.3) is 10.9 Å². The lowest BCUT2D eigenvalue weighted by molar-refractivity contribution is 0.743. The Bertz CT molecular complexity index is 405. The van der Waals surface area contributed by atoms with Crippen molar-refractivity contribution in [3.63, 3.8) is 0 Å². The molecular formula is C10H13N3. The van der Waals surface area contributed by atoms with Crippen molar-refractivity contribution in [3.8, 4) is 0 Å². The molecule has 3 heteroatoms. The molecule has 1 aromatic heterocycles. The summed E-state index contributed by atoms with van der Waals surface area (Å²) in [5.74, 6) is 0. The van der Waals surface area contributed by atoms with Gasteiger partial charge in [0.15, 0.2) is 0 Å². The van der Waals surface area contributed by atoms with Crippen molar-refractivity contribution < 1.29 is 0 Å². The molecule has 68 valence electrons. The molecule has 0 amide bonds. The Balaban J connectivity index is 2.60. The molecular weight excluding hydrogens is 162 g/mol. The van der Waals surface area contributed by atoms with Gasteiger partial charge in [-0.3, -0.25) is 0 Å². The predicted octanol–water partition coefficient (Wildman–Crippen LogP) is 1.13. The fraction of sp³-hybridized carbons (Fsp3) is 0.200. The molecule has 0 radical (unpaired) electrons. The van der Waals surface area contributed by atoms with Gasteiger partial charge in [0.05, 0.1) is 0 Å². The number of hydrogen-bond donors (Lipinski definition) is 3. The first-order chi connectivity index (χ1) is 6.33. The molecule has 1 aromatic carbocycles. The van der Waals surface area contributed by atoms with Gasteiger partial charge in [-0.15, -0.1) is 0 Å². The van der Waals surface area contributed by atoms with E-state index >= 15 is 0 Å². The van der Waals surface area contributed by atoms with E-state index in [9.17, 15) is 0 Å². The van der Waals surface area contributed by atoms with Crippen molar-refractivity contribution >= 4 is 10.9 Å². The normalized spacial score (nSPS) is 13.4. The van der Waals surface area contributed by atoms with E-state index in [1.807, 2.05) is 30.5 Å². The van der Waals surface area contributed by atoms with Gasteiger partial charge in [0, 0.05) is 29.7 Å². The number of nitrogens with two attached hydrogens (primary N) is 2. The summed E-state index contributed by atoms with van der Waals surface area (Å²) in [6.07, 6.45) is 1.91. The molecule has 13 heavy (non-hydrogen) atoms. The lowest BCUT2D eigenvalue weighted by Gasteiger charge is -2.09. The van der Waals surface area contributed by atoms with Crippen LogP contribution in [0.1, 0.15) is 11.6 Å². The van der Waals surface area contributed by atoms with E-state index < -0.39 is 0 Å². The lowest BCUT2D eigenvalue weighted by atomic mass is 10.0. The molecule has 0 saturated carbocycles. The highest BCUT2D eigenvalue weighted by Crippen LogP contribution is 2.21. The van der Waals surface area contributed by atoms with Crippen LogP contribution in [0.5, 0.6) is 0 Å². The number of hydrogen-bond acceptors (Lipinski definition) is 2. The number of rotatable bonds is 2. The molecule has 2 rings (SSSR count). The molecule has 0 aliphatic rings. The number of H-pyrrole nitrogens is 1. The average molecular weight is 175 g/mol. The molecule has 0 saturated heterocycles. The lowest BCUT2D eigenvalue weighted by Crippen LogP contribution is -2.20. The maximum atomic E-state index is 5.88. The zero-order valence-corrected chi connectivity index (χ0v) is 7.33. The third-order valence-corrected chi connectivity index (χ3v) is 2.28. The smallest absolute Gasteiger partial charge is 0.0457 e. The molecule has 0 aliphatic carbocycles. The molecule has 0 unspecified atom stereocenters. The standard InChI is InChI=1S/C10H13N3/c11-6-9(12)7-2-1-3-10-8(7)4-5-13-10/h1-5,9,13H,6,11-12H2/t9-/m1/s1. The summed E-state index contributed by atoms with van der Waals surface area (Å²) in [4.78, 5) is 3.14. The fourth-order valence-corrected chi connectivity index (χ4v) is 1.56. The van der Waals surface area contributed by atoms with E-state index in [0.717, 1.165) is 11.1 Å². The van der Waals surface area contributed by atoms with Gasteiger partial charge < -0.3 is 16.5 Å². The summed E-state index contributed by atoms with van der Waals surface area (Å²) < 4.78 is 0. The first-order valence-electron chi connectivity index (χ1n) is 4.34. The molecule has 0 fully saturated rings. The largest absolute Gasteiger partial charge is 0.361 e. The Kier molecular flexibility index (Phi) is 2.04. The summed E-state index contributed by atoms with van der Waals surface area (Å²) in [6.45, 7) is 0.476. The number of fused-ring (bicyclic) bond motifs is 1. The summed E-state index contributed by atoms with van der Waals surface area (Å²) in [6, 6.07) is 8.00. The number of aromatic amines is 1. The number of benzene rings is 1. The second kappa shape index (κ2) is 3.20. The van der Waals surface area contributed by atoms with Gasteiger partial charge in [0.2, 0.25) is 0 Å². The third kappa shape index (κ3) is 1.32. The first-order valence-corrected chi connectivity index (χ1v) is 4.34. The molecule has 0 bridgehead atoms. The number of nitrogens with one attached hydrogen (secondary N) is 1. The Hall–Kier alpha value is -1.32. The Morgan fingerprint density at radius 1 is 1.31 bits per heavy atom. The van der Waals surface area contributed by atoms with Crippen LogP contribution in [0.3, 0.4) is 0 Å². The summed E-state index contributed by atoms with van der Waals surface area (Å²) in [5, 5.41) is 1.17. The summed E-state index contributed by atoms with van der Waals surface area (Å²) in [5.41, 5.74) is 13.6. The zero-order valence-electron chi connectivity index (χ0n) is 7.33. The van der Waals surface area contributed by atoms with Gasteiger partial charge in [-0.2, -0.15) is 0 Å². The van der Waals surface area contributed by atoms with Gasteiger partial charge >= 0.3 is 0 Å². The van der Waals surface area contributed by atoms with Crippen LogP contribution < -0.4 is 11.5 Å². The molecule has 0 spiro atoms. The van der Waals surface area contributed by atoms with E-state index in [0.29, 0.717) is 6.54 Å². The van der Waals surface area contributed by atoms with Gasteiger partial charge in [-0.05, 0) is 17.7 Å². The Labute approximate surface area is 76.7 Å². The minimum Gasteiger partial charge on any atom is -0.361 e. The Morgan fingerprint density at radius 3 is 2.92 bits per heavy atom. The van der Waals surface area contributed by atoms with E-state index in [-0.39, 0.29) is 6.04 Å². The minimum atomic E-state index is -0.0699. The van der Waals surface area contributed by atoms with Crippen molar-refractivity contribution in [2.75, 3.05) is 6.54 Å². The molecule has 2 aromatic rings. The predicted molar refractivity (Wildman–Crippen MR) is 54.3 cm³/mol. The highest BCUT2D eigenvalue weighted by Gasteiger charge is 2.07. The van der Waals surface area contributed by atoms with Gasteiger partial charge in [0.25, 0.3) is 0 Å². The maximum Gasteiger partial charge on any atom is 0.0457 e. The Morgan fingerprint density at radius 2 is 2.15 bits per heavy atom. The van der Waals surface area contributed by atoms with Crippen LogP contribution in [0.4, 0.5) is 0 Å². The van der Waals surface area contributed by atoms with E-state index in [1.54, 1.807) is 0 Å². The molecule has 0 aliphatic heterocycles. The van der Waals surface area contributed by atoms with Crippen LogP contribution in [-0.4, -0.2) is 11.5 Å². The van der Waals surface area contributed by atoms with Crippen LogP contribution in [-0.2, 0) is 0 Å². The second-order valence-electron chi connectivity index (χ2n) is 3.13. The van der Waals surface area contributed by atoms with Gasteiger partial charge in [-0.1, -0.05) is 12.1 Å². The van der Waals surface area contributed by atoms with Crippen molar-refractivity contribution in [2.24, 2.45) is 11.5 Å². The summed E-state index contributed by atoms with van der Waals surface area (Å²) in [7, 11) is 0. The van der Waals surface area contributed by atoms with Crippen LogP contribution in [0.15, 0.2) is 30.5 Å². The third-order valence-electron chi connectivity index (χ3n) is 2.28. The maximum absolute atomic E-state index is 5.88. The molecule has 1 heterocycles. The molecule has 3 nitrogen and oxygen atoms in total. The zero-order chi connectivity index (χ0) is 9.26. The van der Waals surface area contributed by atoms with Crippen molar-refractivity contribution in [1.29, 1.82) is 0 Å².